The van der Waals surface area contributed by atoms with Gasteiger partial charge < -0.3 is 15.5 Å². The van der Waals surface area contributed by atoms with Crippen molar-refractivity contribution in [2.24, 2.45) is 0 Å². The first-order valence-corrected chi connectivity index (χ1v) is 11.5. The highest BCUT2D eigenvalue weighted by Crippen LogP contribution is 2.21. The molecule has 1 aromatic rings. The van der Waals surface area contributed by atoms with E-state index < -0.39 is 5.97 Å². The Kier molecular flexibility index (Phi) is 14.8. The van der Waals surface area contributed by atoms with Crippen molar-refractivity contribution in [2.45, 2.75) is 71.1 Å². The lowest BCUT2D eigenvalue weighted by Crippen LogP contribution is -2.11. The summed E-state index contributed by atoms with van der Waals surface area (Å²) in [7, 11) is 0. The molecule has 5 heteroatoms. The zero-order chi connectivity index (χ0) is 23.4. The Balaban J connectivity index is 2.10. The van der Waals surface area contributed by atoms with Crippen LogP contribution in [0.4, 0.5) is 5.69 Å². The average molecular weight is 440 g/mol. The number of phenols is 1. The number of carbonyl (C=O) groups is 2. The van der Waals surface area contributed by atoms with Crippen LogP contribution < -0.4 is 5.32 Å². The highest BCUT2D eigenvalue weighted by Gasteiger charge is 2.11. The molecule has 0 unspecified atom stereocenters. The molecule has 0 atom stereocenters. The van der Waals surface area contributed by atoms with Gasteiger partial charge in [-0.25, -0.2) is 4.79 Å². The van der Waals surface area contributed by atoms with Gasteiger partial charge in [0.1, 0.15) is 11.3 Å². The van der Waals surface area contributed by atoms with Gasteiger partial charge in [0.05, 0.1) is 0 Å². The van der Waals surface area contributed by atoms with Crippen molar-refractivity contribution in [2.75, 3.05) is 5.32 Å². The predicted octanol–water partition coefficient (Wildman–Crippen LogP) is 7.17. The van der Waals surface area contributed by atoms with Crippen LogP contribution in [0, 0.1) is 0 Å². The Hall–Kier alpha value is -3.08. The topological polar surface area (TPSA) is 86.6 Å². The maximum Gasteiger partial charge on any atom is 0.339 e. The van der Waals surface area contributed by atoms with Crippen LogP contribution in [-0.4, -0.2) is 22.1 Å². The number of aromatic carboxylic acids is 1. The zero-order valence-corrected chi connectivity index (χ0v) is 19.1. The molecule has 0 aromatic heterocycles. The fourth-order valence-electron chi connectivity index (χ4n) is 2.95. The van der Waals surface area contributed by atoms with E-state index in [9.17, 15) is 14.7 Å². The first kappa shape index (κ1) is 27.0. The van der Waals surface area contributed by atoms with Crippen LogP contribution in [0.3, 0.4) is 0 Å². The lowest BCUT2D eigenvalue weighted by Gasteiger charge is -2.06. The summed E-state index contributed by atoms with van der Waals surface area (Å²) < 4.78 is 0. The third-order valence-corrected chi connectivity index (χ3v) is 4.74. The van der Waals surface area contributed by atoms with Gasteiger partial charge in [-0.05, 0) is 63.1 Å². The van der Waals surface area contributed by atoms with Gasteiger partial charge in [-0.3, -0.25) is 4.79 Å². The van der Waals surface area contributed by atoms with E-state index in [0.29, 0.717) is 18.5 Å². The molecule has 0 radical (unpaired) electrons. The monoisotopic (exact) mass is 439 g/mol. The van der Waals surface area contributed by atoms with E-state index >= 15 is 0 Å². The Morgan fingerprint density at radius 3 is 1.97 bits per heavy atom. The molecule has 32 heavy (non-hydrogen) atoms. The van der Waals surface area contributed by atoms with Crippen molar-refractivity contribution in [3.05, 3.63) is 72.4 Å². The minimum Gasteiger partial charge on any atom is -0.507 e. The number of rotatable bonds is 16. The van der Waals surface area contributed by atoms with Gasteiger partial charge in [-0.15, -0.1) is 0 Å². The molecule has 0 fully saturated rings. The van der Waals surface area contributed by atoms with Gasteiger partial charge in [0.2, 0.25) is 5.91 Å². The Bertz CT molecular complexity index is 806. The molecule has 0 aliphatic carbocycles. The first-order valence-electron chi connectivity index (χ1n) is 11.5. The second kappa shape index (κ2) is 17.6. The highest BCUT2D eigenvalue weighted by atomic mass is 16.4. The lowest BCUT2D eigenvalue weighted by atomic mass is 10.1. The van der Waals surface area contributed by atoms with Crippen molar-refractivity contribution < 1.29 is 19.8 Å². The molecular formula is C27H37NO4. The minimum atomic E-state index is -1.24. The van der Waals surface area contributed by atoms with Crippen LogP contribution in [-0.2, 0) is 4.79 Å². The smallest absolute Gasteiger partial charge is 0.339 e. The number of carbonyl (C=O) groups excluding carboxylic acids is 1. The molecule has 1 aromatic carbocycles. The molecule has 0 aliphatic rings. The number of allylic oxidation sites excluding steroid dienone is 8. The van der Waals surface area contributed by atoms with Crippen LogP contribution in [0.5, 0.6) is 5.75 Å². The normalized spacial score (nSPS) is 11.9. The van der Waals surface area contributed by atoms with Crippen molar-refractivity contribution in [1.82, 2.24) is 0 Å². The Labute approximate surface area is 192 Å². The van der Waals surface area contributed by atoms with E-state index in [1.54, 1.807) is 0 Å². The standard InChI is InChI=1S/C27H37NO4/c1-2-3-4-5-6-7-8-9-10-11-12-13-14-15-16-17-18-19-26(30)28-23-20-21-25(29)24(22-23)27(31)32/h6-7,9-10,12-13,15-16,20-22,29H,2-5,8,11,14,17-19H2,1H3,(H,28,30)(H,31,32)/b7-6-,10-9-,13-12-,16-15-. The number of anilines is 1. The van der Waals surface area contributed by atoms with Crippen LogP contribution in [0.1, 0.15) is 81.5 Å². The third-order valence-electron chi connectivity index (χ3n) is 4.74. The van der Waals surface area contributed by atoms with Crippen LogP contribution in [0.15, 0.2) is 66.8 Å². The molecule has 0 saturated carbocycles. The fourth-order valence-corrected chi connectivity index (χ4v) is 2.95. The fraction of sp³-hybridized carbons (Fsp3) is 0.407. The number of carboxylic acid groups (broad SMARTS) is 1. The first-order chi connectivity index (χ1) is 15.5. The van der Waals surface area contributed by atoms with Gasteiger partial charge in [0, 0.05) is 12.1 Å². The number of unbranched alkanes of at least 4 members (excludes halogenated alkanes) is 4. The summed E-state index contributed by atoms with van der Waals surface area (Å²) in [5.74, 6) is -1.74. The Morgan fingerprint density at radius 2 is 1.41 bits per heavy atom. The molecule has 3 N–H and O–H groups in total. The third kappa shape index (κ3) is 13.3. The summed E-state index contributed by atoms with van der Waals surface area (Å²) in [6.07, 6.45) is 27.1. The van der Waals surface area contributed by atoms with Crippen LogP contribution in [0.25, 0.3) is 0 Å². The summed E-state index contributed by atoms with van der Waals surface area (Å²) in [5.41, 5.74) is 0.131. The molecule has 5 nitrogen and oxygen atoms in total. The van der Waals surface area contributed by atoms with E-state index in [4.69, 9.17) is 5.11 Å². The quantitative estimate of drug-likeness (QED) is 0.145. The summed E-state index contributed by atoms with van der Waals surface area (Å²) in [5, 5.41) is 21.2. The zero-order valence-electron chi connectivity index (χ0n) is 19.1. The van der Waals surface area contributed by atoms with Gasteiger partial charge in [-0.1, -0.05) is 68.4 Å². The van der Waals surface area contributed by atoms with E-state index in [0.717, 1.165) is 25.7 Å². The van der Waals surface area contributed by atoms with Crippen molar-refractivity contribution >= 4 is 17.6 Å². The largest absolute Gasteiger partial charge is 0.507 e. The minimum absolute atomic E-state index is 0.178. The number of aromatic hydroxyl groups is 1. The number of carboxylic acids is 1. The number of hydrogen-bond donors (Lipinski definition) is 3. The van der Waals surface area contributed by atoms with Crippen molar-refractivity contribution in [1.29, 1.82) is 0 Å². The molecule has 0 saturated heterocycles. The number of nitrogens with one attached hydrogen (secondary N) is 1. The van der Waals surface area contributed by atoms with E-state index in [2.05, 4.69) is 60.8 Å². The second-order valence-electron chi connectivity index (χ2n) is 7.57. The van der Waals surface area contributed by atoms with E-state index in [-0.39, 0.29) is 17.2 Å². The number of amides is 1. The molecule has 0 spiro atoms. The molecule has 1 amide bonds. The average Bonchev–Trinajstić information content (AvgIpc) is 2.77. The molecule has 174 valence electrons. The second-order valence-corrected chi connectivity index (χ2v) is 7.57. The van der Waals surface area contributed by atoms with E-state index in [1.807, 2.05) is 0 Å². The maximum atomic E-state index is 12.0. The summed E-state index contributed by atoms with van der Waals surface area (Å²) in [4.78, 5) is 23.0. The van der Waals surface area contributed by atoms with Crippen LogP contribution in [0.2, 0.25) is 0 Å². The van der Waals surface area contributed by atoms with E-state index in [1.165, 1.54) is 43.9 Å². The van der Waals surface area contributed by atoms with Crippen molar-refractivity contribution in [3.63, 3.8) is 0 Å². The molecule has 0 bridgehead atoms. The van der Waals surface area contributed by atoms with Gasteiger partial charge in [0.25, 0.3) is 0 Å². The number of benzene rings is 1. The number of hydrogen-bond acceptors (Lipinski definition) is 3. The molecule has 1 rings (SSSR count). The molecule has 0 heterocycles. The highest BCUT2D eigenvalue weighted by molar-refractivity contribution is 5.95. The molecule has 0 aliphatic heterocycles. The van der Waals surface area contributed by atoms with Crippen molar-refractivity contribution in [3.8, 4) is 5.75 Å². The summed E-state index contributed by atoms with van der Waals surface area (Å²) in [6.45, 7) is 2.22. The molecular weight excluding hydrogens is 402 g/mol. The van der Waals surface area contributed by atoms with Crippen LogP contribution >= 0.6 is 0 Å². The summed E-state index contributed by atoms with van der Waals surface area (Å²) >= 11 is 0. The Morgan fingerprint density at radius 1 is 0.844 bits per heavy atom. The van der Waals surface area contributed by atoms with Gasteiger partial charge >= 0.3 is 5.97 Å². The predicted molar refractivity (Wildman–Crippen MR) is 132 cm³/mol. The summed E-state index contributed by atoms with van der Waals surface area (Å²) in [6, 6.07) is 3.99. The van der Waals surface area contributed by atoms with Gasteiger partial charge in [0.15, 0.2) is 0 Å². The SMILES string of the molecule is CCCCC/C=C\C/C=C\C/C=C\C/C=C\CCCC(=O)Nc1ccc(O)c(C(=O)O)c1. The lowest BCUT2D eigenvalue weighted by molar-refractivity contribution is -0.116. The maximum absolute atomic E-state index is 12.0. The van der Waals surface area contributed by atoms with Gasteiger partial charge in [-0.2, -0.15) is 0 Å².